The van der Waals surface area contributed by atoms with E-state index in [1.165, 1.54) is 6.92 Å². The second kappa shape index (κ2) is 7.38. The van der Waals surface area contributed by atoms with Crippen LogP contribution in [-0.2, 0) is 25.7 Å². The molecule has 1 aliphatic heterocycles. The number of nitrogens with zero attached hydrogens (tertiary/aromatic N) is 3. The number of esters is 1. The fraction of sp³-hybridized carbons (Fsp3) is 0.350. The van der Waals surface area contributed by atoms with Crippen LogP contribution in [0.15, 0.2) is 47.0 Å². The number of allylic oxidation sites excluding steroid dienone is 2. The van der Waals surface area contributed by atoms with Crippen molar-refractivity contribution in [1.29, 1.82) is 0 Å². The molecule has 0 saturated carbocycles. The summed E-state index contributed by atoms with van der Waals surface area (Å²) in [7, 11) is 0. The van der Waals surface area contributed by atoms with Crippen molar-refractivity contribution in [3.63, 3.8) is 0 Å². The lowest BCUT2D eigenvalue weighted by Crippen LogP contribution is -2.44. The van der Waals surface area contributed by atoms with E-state index in [0.717, 1.165) is 10.5 Å². The van der Waals surface area contributed by atoms with Crippen LogP contribution in [0.4, 0.5) is 0 Å². The van der Waals surface area contributed by atoms with Gasteiger partial charge in [-0.05, 0) is 19.8 Å². The zero-order valence-electron chi connectivity index (χ0n) is 15.3. The Morgan fingerprint density at radius 3 is 2.46 bits per heavy atom. The van der Waals surface area contributed by atoms with E-state index in [1.807, 2.05) is 42.5 Å². The highest BCUT2D eigenvalue weighted by molar-refractivity contribution is 6.08. The molecule has 2 aromatic rings. The number of likely N-dealkylation sites (tertiary alicyclic amines) is 1. The van der Waals surface area contributed by atoms with Crippen molar-refractivity contribution in [1.82, 2.24) is 15.0 Å². The van der Waals surface area contributed by atoms with Gasteiger partial charge in [0.05, 0.1) is 11.8 Å². The molecule has 2 heterocycles. The minimum atomic E-state index is -0.998. The van der Waals surface area contributed by atoms with Crippen LogP contribution in [-0.4, -0.2) is 38.9 Å². The number of rotatable bonds is 5. The molecule has 1 aliphatic carbocycles. The first-order valence-electron chi connectivity index (χ1n) is 9.13. The fourth-order valence-corrected chi connectivity index (χ4v) is 3.58. The van der Waals surface area contributed by atoms with Crippen LogP contribution in [0.3, 0.4) is 0 Å². The van der Waals surface area contributed by atoms with Crippen LogP contribution in [0.2, 0.25) is 0 Å². The predicted octanol–water partition coefficient (Wildman–Crippen LogP) is 2.12. The first kappa shape index (κ1) is 18.1. The van der Waals surface area contributed by atoms with Gasteiger partial charge >= 0.3 is 5.97 Å². The van der Waals surface area contributed by atoms with Crippen molar-refractivity contribution < 1.29 is 23.6 Å². The molecule has 4 rings (SSSR count). The van der Waals surface area contributed by atoms with E-state index in [0.29, 0.717) is 18.7 Å². The first-order chi connectivity index (χ1) is 13.6. The number of aromatic nitrogens is 2. The van der Waals surface area contributed by atoms with Gasteiger partial charge in [0.1, 0.15) is 6.04 Å². The Balaban J connectivity index is 1.38. The Morgan fingerprint density at radius 2 is 1.82 bits per heavy atom. The number of carbonyl (C=O) groups is 3. The third-order valence-corrected chi connectivity index (χ3v) is 5.11. The van der Waals surface area contributed by atoms with Gasteiger partial charge in [-0.2, -0.15) is 4.98 Å². The van der Waals surface area contributed by atoms with E-state index in [9.17, 15) is 14.4 Å². The Labute approximate surface area is 161 Å². The van der Waals surface area contributed by atoms with Gasteiger partial charge in [-0.1, -0.05) is 47.6 Å². The second-order valence-electron chi connectivity index (χ2n) is 6.86. The number of hydrogen-bond donors (Lipinski definition) is 0. The third-order valence-electron chi connectivity index (χ3n) is 5.11. The monoisotopic (exact) mass is 381 g/mol. The van der Waals surface area contributed by atoms with Gasteiger partial charge in [0.15, 0.2) is 6.61 Å². The summed E-state index contributed by atoms with van der Waals surface area (Å²) in [6.45, 7) is 1.26. The molecule has 3 atom stereocenters. The molecule has 1 saturated heterocycles. The average molecular weight is 381 g/mol. The molecular weight excluding hydrogens is 362 g/mol. The van der Waals surface area contributed by atoms with Crippen molar-refractivity contribution in [2.75, 3.05) is 0 Å². The molecule has 0 bridgehead atoms. The van der Waals surface area contributed by atoms with E-state index in [2.05, 4.69) is 10.1 Å². The number of ether oxygens (including phenoxy) is 1. The number of benzene rings is 1. The van der Waals surface area contributed by atoms with Crippen molar-refractivity contribution in [2.24, 2.45) is 11.8 Å². The maximum Gasteiger partial charge on any atom is 0.329 e. The Morgan fingerprint density at radius 1 is 1.18 bits per heavy atom. The summed E-state index contributed by atoms with van der Waals surface area (Å²) in [5.41, 5.74) is 0.779. The molecule has 8 heteroatoms. The smallest absolute Gasteiger partial charge is 0.329 e. The maximum absolute atomic E-state index is 12.6. The van der Waals surface area contributed by atoms with E-state index in [-0.39, 0.29) is 36.1 Å². The summed E-state index contributed by atoms with van der Waals surface area (Å²) in [6.07, 6.45) is 4.85. The van der Waals surface area contributed by atoms with Crippen LogP contribution in [0, 0.1) is 11.8 Å². The number of imide groups is 1. The van der Waals surface area contributed by atoms with Gasteiger partial charge in [-0.3, -0.25) is 14.5 Å². The van der Waals surface area contributed by atoms with Crippen LogP contribution in [0.1, 0.15) is 25.7 Å². The molecule has 0 radical (unpaired) electrons. The standard InChI is InChI=1S/C20H19N3O5/c1-12(23-18(24)14-9-5-6-10-15(14)19(23)25)20(26)27-11-16-21-17(22-28-16)13-7-3-2-4-8-13/h2-8,12,14-15H,9-11H2,1H3/t12-,14-,15-/m1/s1. The Hall–Kier alpha value is -3.29. The van der Waals surface area contributed by atoms with Crippen LogP contribution in [0.5, 0.6) is 0 Å². The summed E-state index contributed by atoms with van der Waals surface area (Å²) in [5.74, 6) is -1.54. The maximum atomic E-state index is 12.6. The summed E-state index contributed by atoms with van der Waals surface area (Å²) in [6, 6.07) is 8.25. The number of fused-ring (bicyclic) bond motifs is 1. The molecule has 8 nitrogen and oxygen atoms in total. The number of carbonyl (C=O) groups excluding carboxylic acids is 3. The first-order valence-corrected chi connectivity index (χ1v) is 9.13. The second-order valence-corrected chi connectivity index (χ2v) is 6.86. The Bertz CT molecular complexity index is 910. The third kappa shape index (κ3) is 3.21. The Kier molecular flexibility index (Phi) is 4.77. The topological polar surface area (TPSA) is 103 Å². The summed E-state index contributed by atoms with van der Waals surface area (Å²) in [5, 5.41) is 3.86. The molecule has 0 N–H and O–H groups in total. The quantitative estimate of drug-likeness (QED) is 0.444. The van der Waals surface area contributed by atoms with E-state index >= 15 is 0 Å². The normalized spacial score (nSPS) is 22.2. The van der Waals surface area contributed by atoms with Crippen molar-refractivity contribution in [3.05, 3.63) is 48.4 Å². The molecule has 2 aliphatic rings. The van der Waals surface area contributed by atoms with Gasteiger partial charge in [0, 0.05) is 5.56 Å². The predicted molar refractivity (Wildman–Crippen MR) is 96.2 cm³/mol. The molecular formula is C20H19N3O5. The van der Waals surface area contributed by atoms with Crippen molar-refractivity contribution in [3.8, 4) is 11.4 Å². The lowest BCUT2D eigenvalue weighted by atomic mass is 9.85. The van der Waals surface area contributed by atoms with Crippen molar-refractivity contribution in [2.45, 2.75) is 32.4 Å². The molecule has 1 fully saturated rings. The van der Waals surface area contributed by atoms with Gasteiger partial charge in [-0.25, -0.2) is 4.79 Å². The lowest BCUT2D eigenvalue weighted by Gasteiger charge is -2.21. The SMILES string of the molecule is C[C@H](C(=O)OCc1nc(-c2ccccc2)no1)N1C(=O)[C@@H]2CC=CC[C@H]2C1=O. The zero-order valence-corrected chi connectivity index (χ0v) is 15.3. The number of amides is 2. The molecule has 1 aromatic carbocycles. The van der Waals surface area contributed by atoms with E-state index in [1.54, 1.807) is 0 Å². The number of hydrogen-bond acceptors (Lipinski definition) is 7. The minimum absolute atomic E-state index is 0.136. The highest BCUT2D eigenvalue weighted by Gasteiger charge is 2.50. The highest BCUT2D eigenvalue weighted by atomic mass is 16.6. The van der Waals surface area contributed by atoms with Crippen LogP contribution < -0.4 is 0 Å². The molecule has 2 amide bonds. The molecule has 0 unspecified atom stereocenters. The summed E-state index contributed by atoms with van der Waals surface area (Å²) >= 11 is 0. The lowest BCUT2D eigenvalue weighted by molar-refractivity contribution is -0.159. The fourth-order valence-electron chi connectivity index (χ4n) is 3.58. The molecule has 0 spiro atoms. The highest BCUT2D eigenvalue weighted by Crippen LogP contribution is 2.36. The molecule has 144 valence electrons. The summed E-state index contributed by atoms with van der Waals surface area (Å²) < 4.78 is 10.3. The van der Waals surface area contributed by atoms with Crippen LogP contribution >= 0.6 is 0 Å². The minimum Gasteiger partial charge on any atom is -0.454 e. The molecule has 1 aromatic heterocycles. The van der Waals surface area contributed by atoms with E-state index < -0.39 is 12.0 Å². The van der Waals surface area contributed by atoms with Crippen molar-refractivity contribution >= 4 is 17.8 Å². The zero-order chi connectivity index (χ0) is 19.7. The van der Waals surface area contributed by atoms with Gasteiger partial charge in [0.25, 0.3) is 5.89 Å². The van der Waals surface area contributed by atoms with Gasteiger partial charge in [-0.15, -0.1) is 0 Å². The van der Waals surface area contributed by atoms with Gasteiger partial charge in [0.2, 0.25) is 17.6 Å². The molecule has 28 heavy (non-hydrogen) atoms. The van der Waals surface area contributed by atoms with Crippen LogP contribution in [0.25, 0.3) is 11.4 Å². The van der Waals surface area contributed by atoms with E-state index in [4.69, 9.17) is 9.26 Å². The average Bonchev–Trinajstić information content (AvgIpc) is 3.30. The van der Waals surface area contributed by atoms with Gasteiger partial charge < -0.3 is 9.26 Å². The summed E-state index contributed by atoms with van der Waals surface area (Å²) in [4.78, 5) is 42.7. The largest absolute Gasteiger partial charge is 0.454 e.